The Morgan fingerprint density at radius 2 is 1.89 bits per heavy atom. The van der Waals surface area contributed by atoms with E-state index in [0.29, 0.717) is 18.8 Å². The summed E-state index contributed by atoms with van der Waals surface area (Å²) in [6.45, 7) is 0.928. The molecule has 142 valence electrons. The van der Waals surface area contributed by atoms with Crippen molar-refractivity contribution >= 4 is 11.8 Å². The van der Waals surface area contributed by atoms with Crippen molar-refractivity contribution < 1.29 is 14.3 Å². The Morgan fingerprint density at radius 3 is 2.67 bits per heavy atom. The summed E-state index contributed by atoms with van der Waals surface area (Å²) in [7, 11) is 0. The number of hydrogen-bond donors (Lipinski definition) is 1. The number of ether oxygens (including phenoxy) is 1. The van der Waals surface area contributed by atoms with E-state index in [9.17, 15) is 9.59 Å². The van der Waals surface area contributed by atoms with Crippen LogP contribution >= 0.6 is 0 Å². The Kier molecular flexibility index (Phi) is 4.94. The number of hydrogen-bond acceptors (Lipinski definition) is 4. The van der Waals surface area contributed by atoms with Gasteiger partial charge in [0.1, 0.15) is 0 Å². The minimum Gasteiger partial charge on any atom is -0.367 e. The third-order valence-electron chi connectivity index (χ3n) is 5.30. The molecule has 2 heterocycles. The molecule has 2 aliphatic rings. The van der Waals surface area contributed by atoms with Crippen LogP contribution in [-0.4, -0.2) is 52.3 Å². The molecule has 1 aliphatic heterocycles. The number of nitrogens with zero attached hydrogens (tertiary/aromatic N) is 3. The van der Waals surface area contributed by atoms with Crippen molar-refractivity contribution in [2.45, 2.75) is 38.2 Å². The van der Waals surface area contributed by atoms with Crippen LogP contribution in [0.15, 0.2) is 30.3 Å². The molecule has 1 aliphatic carbocycles. The van der Waals surface area contributed by atoms with Gasteiger partial charge in [0.2, 0.25) is 5.91 Å². The van der Waals surface area contributed by atoms with Gasteiger partial charge in [0.15, 0.2) is 11.8 Å². The Labute approximate surface area is 158 Å². The number of aromatic nitrogens is 2. The molecule has 27 heavy (non-hydrogen) atoms. The van der Waals surface area contributed by atoms with Crippen molar-refractivity contribution in [1.82, 2.24) is 14.7 Å². The molecule has 0 spiro atoms. The van der Waals surface area contributed by atoms with E-state index in [1.807, 2.05) is 35.0 Å². The van der Waals surface area contributed by atoms with Crippen LogP contribution in [0.4, 0.5) is 0 Å². The van der Waals surface area contributed by atoms with Crippen LogP contribution in [0.5, 0.6) is 0 Å². The van der Waals surface area contributed by atoms with Crippen molar-refractivity contribution in [2.75, 3.05) is 19.7 Å². The van der Waals surface area contributed by atoms with Gasteiger partial charge in [-0.2, -0.15) is 5.10 Å². The maximum absolute atomic E-state index is 13.2. The lowest BCUT2D eigenvalue weighted by Crippen LogP contribution is -2.50. The van der Waals surface area contributed by atoms with Gasteiger partial charge in [0.25, 0.3) is 5.91 Å². The minimum absolute atomic E-state index is 0.141. The maximum atomic E-state index is 13.2. The van der Waals surface area contributed by atoms with Gasteiger partial charge in [0, 0.05) is 17.8 Å². The second-order valence-corrected chi connectivity index (χ2v) is 7.09. The fraction of sp³-hybridized carbons (Fsp3) is 0.450. The van der Waals surface area contributed by atoms with Gasteiger partial charge in [-0.25, -0.2) is 4.68 Å². The number of primary amides is 1. The quantitative estimate of drug-likeness (QED) is 0.831. The van der Waals surface area contributed by atoms with E-state index in [-0.39, 0.29) is 12.5 Å². The van der Waals surface area contributed by atoms with Crippen LogP contribution in [0.25, 0.3) is 5.69 Å². The first kappa shape index (κ1) is 17.7. The normalized spacial score (nSPS) is 20.0. The lowest BCUT2D eigenvalue weighted by molar-refractivity contribution is -0.133. The van der Waals surface area contributed by atoms with E-state index in [1.54, 1.807) is 4.90 Å². The van der Waals surface area contributed by atoms with Crippen LogP contribution in [-0.2, 0) is 22.4 Å². The SMILES string of the molecule is NC(=O)[C@@H]1CN(C(=O)c2nn(-c3ccccc3)c3c2CCCCC3)CCO1. The van der Waals surface area contributed by atoms with Gasteiger partial charge in [-0.3, -0.25) is 9.59 Å². The summed E-state index contributed by atoms with van der Waals surface area (Å²) >= 11 is 0. The maximum Gasteiger partial charge on any atom is 0.274 e. The number of nitrogens with two attached hydrogens (primary N) is 1. The second kappa shape index (κ2) is 7.52. The summed E-state index contributed by atoms with van der Waals surface area (Å²) in [5.41, 5.74) is 9.00. The Hall–Kier alpha value is -2.67. The predicted molar refractivity (Wildman–Crippen MR) is 99.7 cm³/mol. The molecule has 0 unspecified atom stereocenters. The molecule has 2 N–H and O–H groups in total. The topological polar surface area (TPSA) is 90.5 Å². The predicted octanol–water partition coefficient (Wildman–Crippen LogP) is 1.47. The van der Waals surface area contributed by atoms with E-state index >= 15 is 0 Å². The number of rotatable bonds is 3. The molecule has 7 nitrogen and oxygen atoms in total. The van der Waals surface area contributed by atoms with Crippen LogP contribution < -0.4 is 5.73 Å². The first-order valence-corrected chi connectivity index (χ1v) is 9.51. The zero-order valence-corrected chi connectivity index (χ0v) is 15.3. The third kappa shape index (κ3) is 3.47. The lowest BCUT2D eigenvalue weighted by Gasteiger charge is -2.31. The molecule has 1 saturated heterocycles. The number of para-hydroxylation sites is 1. The minimum atomic E-state index is -0.752. The van der Waals surface area contributed by atoms with Gasteiger partial charge in [0.05, 0.1) is 18.8 Å². The van der Waals surface area contributed by atoms with Crippen molar-refractivity contribution in [1.29, 1.82) is 0 Å². The van der Waals surface area contributed by atoms with Crippen molar-refractivity contribution in [3.63, 3.8) is 0 Å². The van der Waals surface area contributed by atoms with E-state index in [1.165, 1.54) is 0 Å². The fourth-order valence-corrected chi connectivity index (χ4v) is 3.89. The van der Waals surface area contributed by atoms with Gasteiger partial charge in [-0.05, 0) is 37.8 Å². The molecule has 0 bridgehead atoms. The monoisotopic (exact) mass is 368 g/mol. The molecule has 0 saturated carbocycles. The highest BCUT2D eigenvalue weighted by Gasteiger charge is 2.32. The summed E-state index contributed by atoms with van der Waals surface area (Å²) in [6, 6.07) is 9.92. The molecule has 1 fully saturated rings. The first-order valence-electron chi connectivity index (χ1n) is 9.51. The van der Waals surface area contributed by atoms with Gasteiger partial charge in [-0.15, -0.1) is 0 Å². The van der Waals surface area contributed by atoms with Crippen LogP contribution in [0, 0.1) is 0 Å². The molecule has 1 aromatic carbocycles. The van der Waals surface area contributed by atoms with Gasteiger partial charge in [-0.1, -0.05) is 24.6 Å². The van der Waals surface area contributed by atoms with E-state index in [4.69, 9.17) is 15.6 Å². The number of benzene rings is 1. The molecule has 1 atom stereocenters. The molecule has 1 aromatic heterocycles. The van der Waals surface area contributed by atoms with E-state index < -0.39 is 12.0 Å². The van der Waals surface area contributed by atoms with Crippen molar-refractivity contribution in [2.24, 2.45) is 5.73 Å². The Bertz CT molecular complexity index is 846. The molecule has 0 radical (unpaired) electrons. The second-order valence-electron chi connectivity index (χ2n) is 7.09. The summed E-state index contributed by atoms with van der Waals surface area (Å²) in [5.74, 6) is -0.682. The van der Waals surface area contributed by atoms with E-state index in [0.717, 1.165) is 49.0 Å². The average Bonchev–Trinajstić information content (AvgIpc) is 2.89. The summed E-state index contributed by atoms with van der Waals surface area (Å²) < 4.78 is 7.29. The zero-order chi connectivity index (χ0) is 18.8. The van der Waals surface area contributed by atoms with Gasteiger partial charge >= 0.3 is 0 Å². The lowest BCUT2D eigenvalue weighted by atomic mass is 10.1. The Morgan fingerprint density at radius 1 is 1.11 bits per heavy atom. The number of morpholine rings is 1. The molecule has 7 heteroatoms. The molecule has 4 rings (SSSR count). The van der Waals surface area contributed by atoms with Crippen molar-refractivity contribution in [3.05, 3.63) is 47.3 Å². The van der Waals surface area contributed by atoms with E-state index in [2.05, 4.69) is 0 Å². The Balaban J connectivity index is 1.71. The largest absolute Gasteiger partial charge is 0.367 e. The molecular formula is C20H24N4O3. The van der Waals surface area contributed by atoms with Crippen LogP contribution in [0.2, 0.25) is 0 Å². The summed E-state index contributed by atoms with van der Waals surface area (Å²) in [5, 5.41) is 4.72. The van der Waals surface area contributed by atoms with Crippen LogP contribution in [0.1, 0.15) is 41.0 Å². The standard InChI is InChI=1S/C20H24N4O3/c21-19(25)17-13-23(11-12-27-17)20(26)18-15-9-5-2-6-10-16(15)24(22-18)14-7-3-1-4-8-14/h1,3-4,7-8,17H,2,5-6,9-13H2,(H2,21,25)/t17-/m0/s1. The highest BCUT2D eigenvalue weighted by molar-refractivity contribution is 5.95. The third-order valence-corrected chi connectivity index (χ3v) is 5.30. The smallest absolute Gasteiger partial charge is 0.274 e. The molecular weight excluding hydrogens is 344 g/mol. The fourth-order valence-electron chi connectivity index (χ4n) is 3.89. The number of fused-ring (bicyclic) bond motifs is 1. The highest BCUT2D eigenvalue weighted by atomic mass is 16.5. The highest BCUT2D eigenvalue weighted by Crippen LogP contribution is 2.27. The number of carbonyl (C=O) groups is 2. The molecule has 2 aromatic rings. The van der Waals surface area contributed by atoms with Crippen molar-refractivity contribution in [3.8, 4) is 5.69 Å². The average molecular weight is 368 g/mol. The first-order chi connectivity index (χ1) is 13.1. The van der Waals surface area contributed by atoms with Gasteiger partial charge < -0.3 is 15.4 Å². The number of amides is 2. The summed E-state index contributed by atoms with van der Waals surface area (Å²) in [6.07, 6.45) is 4.32. The van der Waals surface area contributed by atoms with Crippen LogP contribution in [0.3, 0.4) is 0 Å². The number of carbonyl (C=O) groups excluding carboxylic acids is 2. The molecule has 2 amide bonds. The summed E-state index contributed by atoms with van der Waals surface area (Å²) in [4.78, 5) is 26.3. The zero-order valence-electron chi connectivity index (χ0n) is 15.3.